The van der Waals surface area contributed by atoms with Crippen molar-refractivity contribution in [3.63, 3.8) is 0 Å². The molecule has 0 aliphatic heterocycles. The van der Waals surface area contributed by atoms with Crippen LogP contribution in [0.1, 0.15) is 23.6 Å². The van der Waals surface area contributed by atoms with E-state index in [-0.39, 0.29) is 5.78 Å². The molecule has 0 spiro atoms. The first-order valence-electron chi connectivity index (χ1n) is 7.08. The number of allylic oxidation sites excluding steroid dienone is 1. The van der Waals surface area contributed by atoms with Gasteiger partial charge in [-0.25, -0.2) is 0 Å². The van der Waals surface area contributed by atoms with Gasteiger partial charge in [-0.1, -0.05) is 54.6 Å². The lowest BCUT2D eigenvalue weighted by molar-refractivity contribution is -0.111. The second-order valence-electron chi connectivity index (χ2n) is 5.42. The average Bonchev–Trinajstić information content (AvgIpc) is 2.46. The van der Waals surface area contributed by atoms with E-state index >= 15 is 0 Å². The molecule has 2 aromatic rings. The number of carbonyl (C=O) groups excluding carboxylic acids is 1. The zero-order valence-corrected chi connectivity index (χ0v) is 12.8. The van der Waals surface area contributed by atoms with Crippen LogP contribution in [0, 0.1) is 0 Å². The lowest BCUT2D eigenvalue weighted by atomic mass is 9.97. The van der Waals surface area contributed by atoms with Gasteiger partial charge in [0.1, 0.15) is 0 Å². The van der Waals surface area contributed by atoms with E-state index in [1.54, 1.807) is 6.92 Å². The normalized spacial score (nSPS) is 11.7. The lowest BCUT2D eigenvalue weighted by Gasteiger charge is -2.13. The fourth-order valence-electron chi connectivity index (χ4n) is 2.32. The Bertz CT molecular complexity index is 642. The molecule has 2 heteroatoms. The number of hydrogen-bond acceptors (Lipinski definition) is 2. The molecule has 0 bridgehead atoms. The third kappa shape index (κ3) is 4.14. The minimum atomic E-state index is 0.0841. The topological polar surface area (TPSA) is 20.3 Å². The molecular formula is C19H21NO. The van der Waals surface area contributed by atoms with Crippen molar-refractivity contribution in [2.24, 2.45) is 0 Å². The zero-order valence-electron chi connectivity index (χ0n) is 12.8. The van der Waals surface area contributed by atoms with E-state index in [4.69, 9.17) is 0 Å². The maximum atomic E-state index is 12.0. The van der Waals surface area contributed by atoms with Gasteiger partial charge in [-0.3, -0.25) is 4.79 Å². The predicted octanol–water partition coefficient (Wildman–Crippen LogP) is 3.88. The van der Waals surface area contributed by atoms with E-state index < -0.39 is 0 Å². The predicted molar refractivity (Wildman–Crippen MR) is 88.8 cm³/mol. The van der Waals surface area contributed by atoms with E-state index in [0.717, 1.165) is 23.2 Å². The highest BCUT2D eigenvalue weighted by Gasteiger charge is 2.09. The fourth-order valence-corrected chi connectivity index (χ4v) is 2.32. The Kier molecular flexibility index (Phi) is 5.07. The average molecular weight is 279 g/mol. The van der Waals surface area contributed by atoms with Gasteiger partial charge in [0.15, 0.2) is 5.78 Å². The SMILES string of the molecule is CC(=O)C(=Cc1ccccc1CN(C)C)c1ccccc1. The lowest BCUT2D eigenvalue weighted by Crippen LogP contribution is -2.11. The van der Waals surface area contributed by atoms with Crippen LogP contribution in [0.4, 0.5) is 0 Å². The van der Waals surface area contributed by atoms with Crippen molar-refractivity contribution >= 4 is 17.4 Å². The summed E-state index contributed by atoms with van der Waals surface area (Å²) in [6, 6.07) is 18.0. The minimum absolute atomic E-state index is 0.0841. The maximum Gasteiger partial charge on any atom is 0.160 e. The molecule has 0 heterocycles. The van der Waals surface area contributed by atoms with Crippen molar-refractivity contribution in [2.75, 3.05) is 14.1 Å². The summed E-state index contributed by atoms with van der Waals surface area (Å²) in [7, 11) is 4.09. The Hall–Kier alpha value is -2.19. The third-order valence-electron chi connectivity index (χ3n) is 3.31. The van der Waals surface area contributed by atoms with Crippen LogP contribution in [0.5, 0.6) is 0 Å². The maximum absolute atomic E-state index is 12.0. The van der Waals surface area contributed by atoms with E-state index in [0.29, 0.717) is 0 Å². The number of rotatable bonds is 5. The van der Waals surface area contributed by atoms with Gasteiger partial charge in [-0.15, -0.1) is 0 Å². The van der Waals surface area contributed by atoms with Gasteiger partial charge < -0.3 is 4.90 Å². The molecule has 108 valence electrons. The summed E-state index contributed by atoms with van der Waals surface area (Å²) >= 11 is 0. The Labute approximate surface area is 126 Å². The van der Waals surface area contributed by atoms with E-state index in [1.165, 1.54) is 5.56 Å². The largest absolute Gasteiger partial charge is 0.305 e. The van der Waals surface area contributed by atoms with Crippen LogP contribution in [0.25, 0.3) is 11.6 Å². The van der Waals surface area contributed by atoms with Gasteiger partial charge >= 0.3 is 0 Å². The van der Waals surface area contributed by atoms with E-state index in [2.05, 4.69) is 17.0 Å². The Balaban J connectivity index is 2.47. The molecule has 2 aromatic carbocycles. The Morgan fingerprint density at radius 2 is 1.62 bits per heavy atom. The second kappa shape index (κ2) is 7.00. The van der Waals surface area contributed by atoms with Gasteiger partial charge in [-0.05, 0) is 43.8 Å². The molecule has 2 rings (SSSR count). The number of Topliss-reactive ketones (excluding diaryl/α,β-unsaturated/α-hetero) is 1. The Morgan fingerprint density at radius 1 is 1.00 bits per heavy atom. The van der Waals surface area contributed by atoms with Gasteiger partial charge in [-0.2, -0.15) is 0 Å². The summed E-state index contributed by atoms with van der Waals surface area (Å²) in [6.45, 7) is 2.47. The summed E-state index contributed by atoms with van der Waals surface area (Å²) in [5.74, 6) is 0.0841. The molecule has 0 aliphatic rings. The smallest absolute Gasteiger partial charge is 0.160 e. The van der Waals surface area contributed by atoms with Crippen molar-refractivity contribution in [3.05, 3.63) is 71.3 Å². The van der Waals surface area contributed by atoms with Crippen LogP contribution in [0.2, 0.25) is 0 Å². The highest BCUT2D eigenvalue weighted by atomic mass is 16.1. The monoisotopic (exact) mass is 279 g/mol. The van der Waals surface area contributed by atoms with Crippen LogP contribution in [0.15, 0.2) is 54.6 Å². The second-order valence-corrected chi connectivity index (χ2v) is 5.42. The molecule has 2 nitrogen and oxygen atoms in total. The Morgan fingerprint density at radius 3 is 2.24 bits per heavy atom. The van der Waals surface area contributed by atoms with Crippen molar-refractivity contribution < 1.29 is 4.79 Å². The molecule has 21 heavy (non-hydrogen) atoms. The third-order valence-corrected chi connectivity index (χ3v) is 3.31. The molecule has 0 atom stereocenters. The van der Waals surface area contributed by atoms with Crippen LogP contribution >= 0.6 is 0 Å². The first-order valence-corrected chi connectivity index (χ1v) is 7.08. The van der Waals surface area contributed by atoms with Crippen LogP contribution in [0.3, 0.4) is 0 Å². The van der Waals surface area contributed by atoms with E-state index in [1.807, 2.05) is 62.6 Å². The summed E-state index contributed by atoms with van der Waals surface area (Å²) in [6.07, 6.45) is 2.00. The first kappa shape index (κ1) is 15.2. The van der Waals surface area contributed by atoms with Gasteiger partial charge in [0.25, 0.3) is 0 Å². The van der Waals surface area contributed by atoms with Crippen LogP contribution in [-0.4, -0.2) is 24.8 Å². The number of nitrogens with zero attached hydrogens (tertiary/aromatic N) is 1. The molecule has 0 amide bonds. The number of ketones is 1. The molecule has 0 saturated carbocycles. The molecular weight excluding hydrogens is 258 g/mol. The van der Waals surface area contributed by atoms with Crippen molar-refractivity contribution in [1.82, 2.24) is 4.90 Å². The minimum Gasteiger partial charge on any atom is -0.305 e. The zero-order chi connectivity index (χ0) is 15.2. The summed E-state index contributed by atoms with van der Waals surface area (Å²) < 4.78 is 0. The standard InChI is InChI=1S/C19H21NO/c1-15(21)19(16-9-5-4-6-10-16)13-17-11-7-8-12-18(17)14-20(2)3/h4-13H,14H2,1-3H3. The van der Waals surface area contributed by atoms with Crippen LogP contribution in [-0.2, 0) is 11.3 Å². The molecule has 0 N–H and O–H groups in total. The molecule has 0 unspecified atom stereocenters. The highest BCUT2D eigenvalue weighted by Crippen LogP contribution is 2.21. The molecule has 0 fully saturated rings. The number of carbonyl (C=O) groups is 1. The molecule has 0 radical (unpaired) electrons. The fraction of sp³-hybridized carbons (Fsp3) is 0.211. The van der Waals surface area contributed by atoms with E-state index in [9.17, 15) is 4.79 Å². The molecule has 0 aliphatic carbocycles. The van der Waals surface area contributed by atoms with Gasteiger partial charge in [0.05, 0.1) is 0 Å². The van der Waals surface area contributed by atoms with Crippen LogP contribution < -0.4 is 0 Å². The molecule has 0 saturated heterocycles. The highest BCUT2D eigenvalue weighted by molar-refractivity contribution is 6.24. The summed E-state index contributed by atoms with van der Waals surface area (Å²) in [5.41, 5.74) is 4.03. The summed E-state index contributed by atoms with van der Waals surface area (Å²) in [5, 5.41) is 0. The quantitative estimate of drug-likeness (QED) is 0.611. The van der Waals surface area contributed by atoms with Crippen molar-refractivity contribution in [2.45, 2.75) is 13.5 Å². The van der Waals surface area contributed by atoms with Gasteiger partial charge in [0, 0.05) is 12.1 Å². The number of benzene rings is 2. The van der Waals surface area contributed by atoms with Crippen molar-refractivity contribution in [1.29, 1.82) is 0 Å². The summed E-state index contributed by atoms with van der Waals surface area (Å²) in [4.78, 5) is 14.1. The number of hydrogen-bond donors (Lipinski definition) is 0. The van der Waals surface area contributed by atoms with Gasteiger partial charge in [0.2, 0.25) is 0 Å². The van der Waals surface area contributed by atoms with Crippen molar-refractivity contribution in [3.8, 4) is 0 Å². The first-order chi connectivity index (χ1) is 10.1. The molecule has 0 aromatic heterocycles.